The number of fused-ring (bicyclic) bond motifs is 1. The number of hydrogen-bond acceptors (Lipinski definition) is 5. The van der Waals surface area contributed by atoms with E-state index in [4.69, 9.17) is 14.5 Å². The van der Waals surface area contributed by atoms with Crippen LogP contribution in [0.1, 0.15) is 5.69 Å². The zero-order valence-electron chi connectivity index (χ0n) is 15.4. The first-order valence-corrected chi connectivity index (χ1v) is 8.61. The molecule has 2 aromatic carbocycles. The van der Waals surface area contributed by atoms with Crippen molar-refractivity contribution in [2.75, 3.05) is 12.4 Å². The van der Waals surface area contributed by atoms with Gasteiger partial charge in [0.15, 0.2) is 0 Å². The van der Waals surface area contributed by atoms with Gasteiger partial charge in [-0.05, 0) is 37.3 Å². The summed E-state index contributed by atoms with van der Waals surface area (Å²) in [6.07, 6.45) is 1.74. The number of para-hydroxylation sites is 2. The summed E-state index contributed by atoms with van der Waals surface area (Å²) in [5.74, 6) is 2.98. The lowest BCUT2D eigenvalue weighted by Crippen LogP contribution is -2.00. The van der Waals surface area contributed by atoms with Crippen LogP contribution >= 0.6 is 0 Å². The van der Waals surface area contributed by atoms with Crippen LogP contribution in [0.3, 0.4) is 0 Å². The number of anilines is 2. The van der Waals surface area contributed by atoms with E-state index in [9.17, 15) is 0 Å². The van der Waals surface area contributed by atoms with E-state index in [1.165, 1.54) is 0 Å². The standard InChI is InChI=1S/C21H20N4O2/c1-14-12-16(10-11-22-14)27-15-8-9-19-18(13-15)24-21(25(19)2)23-17-6-4-5-7-20(17)26-3/h4-13H,1-3H3,(H,23,24). The average molecular weight is 360 g/mol. The number of nitrogens with one attached hydrogen (secondary N) is 1. The topological polar surface area (TPSA) is 61.2 Å². The lowest BCUT2D eigenvalue weighted by molar-refractivity contribution is 0.417. The smallest absolute Gasteiger partial charge is 0.208 e. The molecule has 2 aromatic heterocycles. The maximum atomic E-state index is 5.94. The van der Waals surface area contributed by atoms with Gasteiger partial charge in [0.1, 0.15) is 17.2 Å². The molecule has 0 aliphatic heterocycles. The summed E-state index contributed by atoms with van der Waals surface area (Å²) < 4.78 is 13.3. The van der Waals surface area contributed by atoms with E-state index < -0.39 is 0 Å². The fourth-order valence-corrected chi connectivity index (χ4v) is 2.94. The van der Waals surface area contributed by atoms with Crippen LogP contribution in [0.15, 0.2) is 60.8 Å². The van der Waals surface area contributed by atoms with Gasteiger partial charge in [0.25, 0.3) is 0 Å². The summed E-state index contributed by atoms with van der Waals surface area (Å²) in [6, 6.07) is 17.4. The van der Waals surface area contributed by atoms with Crippen LogP contribution in [0, 0.1) is 6.92 Å². The average Bonchev–Trinajstić information content (AvgIpc) is 2.97. The van der Waals surface area contributed by atoms with Crippen LogP contribution in [0.25, 0.3) is 11.0 Å². The predicted octanol–water partition coefficient (Wildman–Crippen LogP) is 4.82. The highest BCUT2D eigenvalue weighted by molar-refractivity contribution is 5.81. The van der Waals surface area contributed by atoms with E-state index in [0.29, 0.717) is 0 Å². The number of aryl methyl sites for hydroxylation is 2. The first kappa shape index (κ1) is 16.9. The Morgan fingerprint density at radius 1 is 1.00 bits per heavy atom. The Hall–Kier alpha value is -3.54. The number of ether oxygens (including phenoxy) is 2. The number of rotatable bonds is 5. The number of imidazole rings is 1. The molecule has 0 fully saturated rings. The summed E-state index contributed by atoms with van der Waals surface area (Å²) in [6.45, 7) is 1.94. The molecule has 0 unspecified atom stereocenters. The van der Waals surface area contributed by atoms with Crippen molar-refractivity contribution in [3.05, 3.63) is 66.5 Å². The first-order chi connectivity index (χ1) is 13.1. The Bertz CT molecular complexity index is 1100. The number of methoxy groups -OCH3 is 1. The maximum absolute atomic E-state index is 5.94. The Morgan fingerprint density at radius 3 is 2.63 bits per heavy atom. The van der Waals surface area contributed by atoms with E-state index in [-0.39, 0.29) is 0 Å². The van der Waals surface area contributed by atoms with Gasteiger partial charge in [-0.1, -0.05) is 12.1 Å². The predicted molar refractivity (Wildman–Crippen MR) is 106 cm³/mol. The van der Waals surface area contributed by atoms with E-state index >= 15 is 0 Å². The highest BCUT2D eigenvalue weighted by Gasteiger charge is 2.11. The van der Waals surface area contributed by atoms with E-state index in [2.05, 4.69) is 10.3 Å². The second kappa shape index (κ2) is 6.99. The van der Waals surface area contributed by atoms with Crippen molar-refractivity contribution in [3.8, 4) is 17.2 Å². The normalized spacial score (nSPS) is 10.8. The molecular formula is C21H20N4O2. The minimum Gasteiger partial charge on any atom is -0.495 e. The van der Waals surface area contributed by atoms with Gasteiger partial charge < -0.3 is 19.4 Å². The molecule has 4 rings (SSSR count). The van der Waals surface area contributed by atoms with Crippen molar-refractivity contribution in [2.24, 2.45) is 7.05 Å². The van der Waals surface area contributed by atoms with Crippen LogP contribution in [0.5, 0.6) is 17.2 Å². The van der Waals surface area contributed by atoms with Gasteiger partial charge in [-0.2, -0.15) is 0 Å². The Kier molecular flexibility index (Phi) is 4.38. The van der Waals surface area contributed by atoms with Crippen molar-refractivity contribution < 1.29 is 9.47 Å². The molecule has 6 heteroatoms. The van der Waals surface area contributed by atoms with Gasteiger partial charge in [-0.15, -0.1) is 0 Å². The van der Waals surface area contributed by atoms with Gasteiger partial charge in [0.05, 0.1) is 23.8 Å². The largest absolute Gasteiger partial charge is 0.495 e. The van der Waals surface area contributed by atoms with E-state index in [1.807, 2.05) is 73.1 Å². The van der Waals surface area contributed by atoms with Crippen LogP contribution in [0.2, 0.25) is 0 Å². The van der Waals surface area contributed by atoms with Crippen LogP contribution in [-0.2, 0) is 7.05 Å². The van der Waals surface area contributed by atoms with E-state index in [0.717, 1.165) is 45.6 Å². The molecule has 0 aliphatic carbocycles. The molecule has 136 valence electrons. The molecule has 0 saturated carbocycles. The number of pyridine rings is 1. The van der Waals surface area contributed by atoms with Gasteiger partial charge >= 0.3 is 0 Å². The van der Waals surface area contributed by atoms with Crippen molar-refractivity contribution >= 4 is 22.7 Å². The fraction of sp³-hybridized carbons (Fsp3) is 0.143. The van der Waals surface area contributed by atoms with E-state index in [1.54, 1.807) is 13.3 Å². The molecule has 1 N–H and O–H groups in total. The number of aromatic nitrogens is 3. The molecule has 4 aromatic rings. The fourth-order valence-electron chi connectivity index (χ4n) is 2.94. The quantitative estimate of drug-likeness (QED) is 0.553. The van der Waals surface area contributed by atoms with Gasteiger partial charge in [-0.25, -0.2) is 4.98 Å². The molecule has 0 spiro atoms. The van der Waals surface area contributed by atoms with Crippen molar-refractivity contribution in [2.45, 2.75) is 6.92 Å². The number of nitrogens with zero attached hydrogens (tertiary/aromatic N) is 3. The highest BCUT2D eigenvalue weighted by Crippen LogP contribution is 2.30. The molecule has 0 bridgehead atoms. The monoisotopic (exact) mass is 360 g/mol. The summed E-state index contributed by atoms with van der Waals surface area (Å²) in [5, 5.41) is 3.34. The molecule has 0 radical (unpaired) electrons. The molecule has 0 aliphatic rings. The maximum Gasteiger partial charge on any atom is 0.208 e. The van der Waals surface area contributed by atoms with Gasteiger partial charge in [0.2, 0.25) is 5.95 Å². The third kappa shape index (κ3) is 3.42. The lowest BCUT2D eigenvalue weighted by atomic mass is 10.3. The first-order valence-electron chi connectivity index (χ1n) is 8.61. The van der Waals surface area contributed by atoms with Gasteiger partial charge in [-0.3, -0.25) is 4.98 Å². The highest BCUT2D eigenvalue weighted by atomic mass is 16.5. The molecule has 2 heterocycles. The second-order valence-corrected chi connectivity index (χ2v) is 6.21. The van der Waals surface area contributed by atoms with Crippen molar-refractivity contribution in [3.63, 3.8) is 0 Å². The van der Waals surface area contributed by atoms with Crippen LogP contribution in [0.4, 0.5) is 11.6 Å². The zero-order valence-corrected chi connectivity index (χ0v) is 15.4. The minimum absolute atomic E-state index is 0.728. The lowest BCUT2D eigenvalue weighted by Gasteiger charge is -2.10. The number of hydrogen-bond donors (Lipinski definition) is 1. The number of benzene rings is 2. The van der Waals surface area contributed by atoms with Crippen molar-refractivity contribution in [1.82, 2.24) is 14.5 Å². The summed E-state index contributed by atoms with van der Waals surface area (Å²) >= 11 is 0. The molecule has 0 atom stereocenters. The third-order valence-corrected chi connectivity index (χ3v) is 4.31. The SMILES string of the molecule is COc1ccccc1Nc1nc2cc(Oc3ccnc(C)c3)ccc2n1C. The summed E-state index contributed by atoms with van der Waals surface area (Å²) in [4.78, 5) is 8.89. The van der Waals surface area contributed by atoms with Crippen LogP contribution in [-0.4, -0.2) is 21.6 Å². The Balaban J connectivity index is 1.65. The molecule has 6 nitrogen and oxygen atoms in total. The molecule has 0 amide bonds. The van der Waals surface area contributed by atoms with Crippen molar-refractivity contribution in [1.29, 1.82) is 0 Å². The zero-order chi connectivity index (χ0) is 18.8. The Morgan fingerprint density at radius 2 is 1.81 bits per heavy atom. The summed E-state index contributed by atoms with van der Waals surface area (Å²) in [5.41, 5.74) is 3.63. The molecular weight excluding hydrogens is 340 g/mol. The molecule has 27 heavy (non-hydrogen) atoms. The minimum atomic E-state index is 0.728. The van der Waals surface area contributed by atoms with Crippen LogP contribution < -0.4 is 14.8 Å². The second-order valence-electron chi connectivity index (χ2n) is 6.21. The molecule has 0 saturated heterocycles. The third-order valence-electron chi connectivity index (χ3n) is 4.31. The Labute approximate surface area is 157 Å². The van der Waals surface area contributed by atoms with Gasteiger partial charge in [0, 0.05) is 31.1 Å². The summed E-state index contributed by atoms with van der Waals surface area (Å²) in [7, 11) is 3.62.